The highest BCUT2D eigenvalue weighted by Crippen LogP contribution is 2.37. The topological polar surface area (TPSA) is 45.2 Å². The first-order chi connectivity index (χ1) is 11.3. The first kappa shape index (κ1) is 14.5. The molecule has 0 bridgehead atoms. The smallest absolute Gasteiger partial charge is 0.153 e. The Balaban J connectivity index is 1.63. The minimum atomic E-state index is -0.265. The van der Waals surface area contributed by atoms with Crippen molar-refractivity contribution < 1.29 is 4.79 Å². The molecule has 6 heteroatoms. The van der Waals surface area contributed by atoms with Crippen molar-refractivity contribution in [3.63, 3.8) is 0 Å². The van der Waals surface area contributed by atoms with E-state index in [0.717, 1.165) is 45.3 Å². The summed E-state index contributed by atoms with van der Waals surface area (Å²) in [5.74, 6) is 0. The largest absolute Gasteiger partial charge is 0.382 e. The zero-order valence-electron chi connectivity index (χ0n) is 12.3. The monoisotopic (exact) mass is 341 g/mol. The van der Waals surface area contributed by atoms with E-state index in [9.17, 15) is 4.79 Å². The average molecular weight is 341 g/mol. The van der Waals surface area contributed by atoms with Crippen LogP contribution in [0.1, 0.15) is 0 Å². The van der Waals surface area contributed by atoms with E-state index in [1.54, 1.807) is 11.3 Å². The predicted molar refractivity (Wildman–Crippen MR) is 97.6 cm³/mol. The predicted octanol–water partition coefficient (Wildman–Crippen LogP) is 3.85. The van der Waals surface area contributed by atoms with Gasteiger partial charge in [0.1, 0.15) is 5.37 Å². The van der Waals surface area contributed by atoms with Gasteiger partial charge in [0, 0.05) is 13.1 Å². The zero-order valence-corrected chi connectivity index (χ0v) is 13.9. The third-order valence-electron chi connectivity index (χ3n) is 3.80. The molecule has 116 valence electrons. The van der Waals surface area contributed by atoms with E-state index in [-0.39, 0.29) is 5.37 Å². The third kappa shape index (κ3) is 2.80. The normalized spacial score (nSPS) is 15.0. The molecule has 3 aromatic rings. The van der Waals surface area contributed by atoms with Crippen molar-refractivity contribution in [1.29, 1.82) is 0 Å². The van der Waals surface area contributed by atoms with Gasteiger partial charge in [0.05, 0.1) is 21.6 Å². The summed E-state index contributed by atoms with van der Waals surface area (Å²) < 4.78 is 2.08. The first-order valence-corrected chi connectivity index (χ1v) is 9.12. The van der Waals surface area contributed by atoms with Crippen LogP contribution in [0.15, 0.2) is 52.9 Å². The highest BCUT2D eigenvalue weighted by molar-refractivity contribution is 8.02. The van der Waals surface area contributed by atoms with Crippen LogP contribution in [0.4, 0.5) is 11.4 Å². The van der Waals surface area contributed by atoms with Gasteiger partial charge >= 0.3 is 0 Å². The maximum atomic E-state index is 11.7. The van der Waals surface area contributed by atoms with Crippen LogP contribution in [-0.2, 0) is 4.79 Å². The van der Waals surface area contributed by atoms with E-state index in [1.807, 2.05) is 36.4 Å². The number of anilines is 2. The number of carbonyl (C=O) groups excluding carboxylic acids is 1. The van der Waals surface area contributed by atoms with Gasteiger partial charge in [0.2, 0.25) is 0 Å². The Morgan fingerprint density at radius 1 is 1.22 bits per heavy atom. The molecule has 1 aromatic heterocycles. The molecule has 0 fully saturated rings. The van der Waals surface area contributed by atoms with Gasteiger partial charge in [0.25, 0.3) is 0 Å². The molecule has 0 aliphatic carbocycles. The molecule has 0 radical (unpaired) electrons. The van der Waals surface area contributed by atoms with Gasteiger partial charge in [-0.05, 0) is 24.3 Å². The summed E-state index contributed by atoms with van der Waals surface area (Å²) in [7, 11) is 0. The number of nitrogens with zero attached hydrogens (tertiary/aromatic N) is 2. The summed E-state index contributed by atoms with van der Waals surface area (Å²) in [6, 6.07) is 16.2. The van der Waals surface area contributed by atoms with Crippen LogP contribution in [0.25, 0.3) is 10.2 Å². The number of aromatic nitrogens is 1. The summed E-state index contributed by atoms with van der Waals surface area (Å²) in [6.45, 7) is 1.64. The fourth-order valence-electron chi connectivity index (χ4n) is 2.74. The Kier molecular flexibility index (Phi) is 3.93. The minimum absolute atomic E-state index is 0.265. The van der Waals surface area contributed by atoms with E-state index in [1.165, 1.54) is 11.8 Å². The van der Waals surface area contributed by atoms with Crippen molar-refractivity contribution >= 4 is 51.0 Å². The van der Waals surface area contributed by atoms with Gasteiger partial charge in [-0.25, -0.2) is 4.98 Å². The number of carbonyl (C=O) groups is 1. The molecule has 1 atom stereocenters. The number of hydrogen-bond donors (Lipinski definition) is 1. The Morgan fingerprint density at radius 2 is 2.04 bits per heavy atom. The molecule has 0 saturated heterocycles. The second-order valence-corrected chi connectivity index (χ2v) is 7.62. The molecule has 1 aliphatic heterocycles. The number of benzene rings is 2. The van der Waals surface area contributed by atoms with Crippen LogP contribution in [0, 0.1) is 0 Å². The highest BCUT2D eigenvalue weighted by Gasteiger charge is 2.25. The number of fused-ring (bicyclic) bond motifs is 2. The molecule has 0 amide bonds. The zero-order chi connectivity index (χ0) is 15.6. The fourth-order valence-corrected chi connectivity index (χ4v) is 4.95. The number of para-hydroxylation sites is 3. The molecule has 1 unspecified atom stereocenters. The number of rotatable bonds is 4. The summed E-state index contributed by atoms with van der Waals surface area (Å²) in [6.07, 6.45) is 1.01. The average Bonchev–Trinajstić information content (AvgIpc) is 3.02. The number of aldehydes is 1. The number of nitrogens with one attached hydrogen (secondary N) is 1. The van der Waals surface area contributed by atoms with Crippen molar-refractivity contribution in [2.75, 3.05) is 23.3 Å². The summed E-state index contributed by atoms with van der Waals surface area (Å²) in [5.41, 5.74) is 3.14. The quantitative estimate of drug-likeness (QED) is 0.577. The Hall–Kier alpha value is -2.05. The number of thiazole rings is 1. The molecule has 1 N–H and O–H groups in total. The standard InChI is InChI=1S/C17H15N3OS2/c21-11-16(20-10-9-18-12-5-1-3-7-14(12)20)23-17-19-13-6-2-4-8-15(13)22-17/h1-8,11,16,18H,9-10H2. The van der Waals surface area contributed by atoms with Crippen LogP contribution in [0.2, 0.25) is 0 Å². The van der Waals surface area contributed by atoms with E-state index >= 15 is 0 Å². The van der Waals surface area contributed by atoms with Gasteiger partial charge in [-0.1, -0.05) is 36.0 Å². The molecule has 1 aliphatic rings. The van der Waals surface area contributed by atoms with Crippen LogP contribution >= 0.6 is 23.1 Å². The molecule has 4 nitrogen and oxygen atoms in total. The van der Waals surface area contributed by atoms with E-state index < -0.39 is 0 Å². The van der Waals surface area contributed by atoms with Crippen LogP contribution in [0.5, 0.6) is 0 Å². The van der Waals surface area contributed by atoms with Crippen molar-refractivity contribution in [2.24, 2.45) is 0 Å². The lowest BCUT2D eigenvalue weighted by Gasteiger charge is -2.35. The van der Waals surface area contributed by atoms with Gasteiger partial charge in [-0.15, -0.1) is 11.3 Å². The van der Waals surface area contributed by atoms with E-state index in [0.29, 0.717) is 0 Å². The van der Waals surface area contributed by atoms with E-state index in [2.05, 4.69) is 27.3 Å². The second kappa shape index (κ2) is 6.22. The number of hydrogen-bond acceptors (Lipinski definition) is 6. The van der Waals surface area contributed by atoms with Crippen LogP contribution < -0.4 is 10.2 Å². The van der Waals surface area contributed by atoms with Gasteiger partial charge in [-0.2, -0.15) is 0 Å². The Bertz CT molecular complexity index is 815. The maximum Gasteiger partial charge on any atom is 0.153 e. The summed E-state index contributed by atoms with van der Waals surface area (Å²) in [4.78, 5) is 18.5. The highest BCUT2D eigenvalue weighted by atomic mass is 32.2. The van der Waals surface area contributed by atoms with Crippen molar-refractivity contribution in [2.45, 2.75) is 9.71 Å². The maximum absolute atomic E-state index is 11.7. The number of thioether (sulfide) groups is 1. The summed E-state index contributed by atoms with van der Waals surface area (Å²) >= 11 is 3.16. The fraction of sp³-hybridized carbons (Fsp3) is 0.176. The van der Waals surface area contributed by atoms with Crippen LogP contribution in [0.3, 0.4) is 0 Å². The Labute approximate surface area is 142 Å². The second-order valence-electron chi connectivity index (χ2n) is 5.23. The van der Waals surface area contributed by atoms with Gasteiger partial charge < -0.3 is 15.0 Å². The third-order valence-corrected chi connectivity index (χ3v) is 6.07. The SMILES string of the molecule is O=CC(Sc1nc2ccccc2s1)N1CCNc2ccccc21. The molecule has 0 saturated carbocycles. The minimum Gasteiger partial charge on any atom is -0.382 e. The molecule has 23 heavy (non-hydrogen) atoms. The van der Waals surface area contributed by atoms with Gasteiger partial charge in [-0.3, -0.25) is 0 Å². The molecule has 2 heterocycles. The molecule has 2 aromatic carbocycles. The lowest BCUT2D eigenvalue weighted by atomic mass is 10.2. The first-order valence-electron chi connectivity index (χ1n) is 7.42. The lowest BCUT2D eigenvalue weighted by Crippen LogP contribution is -2.41. The van der Waals surface area contributed by atoms with Gasteiger partial charge in [0.15, 0.2) is 10.6 Å². The van der Waals surface area contributed by atoms with Crippen molar-refractivity contribution in [1.82, 2.24) is 4.98 Å². The van der Waals surface area contributed by atoms with Crippen LogP contribution in [-0.4, -0.2) is 29.7 Å². The lowest BCUT2D eigenvalue weighted by molar-refractivity contribution is -0.107. The van der Waals surface area contributed by atoms with Crippen molar-refractivity contribution in [3.05, 3.63) is 48.5 Å². The Morgan fingerprint density at radius 3 is 2.91 bits per heavy atom. The molecule has 4 rings (SSSR count). The summed E-state index contributed by atoms with van der Waals surface area (Å²) in [5, 5.41) is 3.11. The van der Waals surface area contributed by atoms with Crippen molar-refractivity contribution in [3.8, 4) is 0 Å². The molecule has 0 spiro atoms. The molecular formula is C17H15N3OS2. The van der Waals surface area contributed by atoms with E-state index in [4.69, 9.17) is 0 Å². The molecular weight excluding hydrogens is 326 g/mol.